The third-order valence-electron chi connectivity index (χ3n) is 3.56. The maximum Gasteiger partial charge on any atom is 0.323 e. The number of esters is 1. The van der Waals surface area contributed by atoms with Crippen molar-refractivity contribution in [2.75, 3.05) is 25.5 Å². The highest BCUT2D eigenvalue weighted by molar-refractivity contribution is 7.99. The molecule has 126 valence electrons. The fourth-order valence-corrected chi connectivity index (χ4v) is 3.16. The summed E-state index contributed by atoms with van der Waals surface area (Å²) >= 11 is 0.383. The minimum atomic E-state index is -2.56. The predicted octanol–water partition coefficient (Wildman–Crippen LogP) is 2.58. The van der Waals surface area contributed by atoms with Crippen LogP contribution in [0.1, 0.15) is 12.8 Å². The molecule has 1 N–H and O–H groups in total. The molecule has 0 saturated carbocycles. The van der Waals surface area contributed by atoms with Crippen molar-refractivity contribution in [3.05, 3.63) is 24.3 Å². The number of para-hydroxylation sites is 1. The Bertz CT molecular complexity index is 571. The molecular weight excluding hydrogens is 326 g/mol. The number of thioether (sulfide) groups is 1. The second-order valence-corrected chi connectivity index (χ2v) is 6.11. The number of alkyl halides is 2. The molecule has 8 heteroatoms. The second kappa shape index (κ2) is 8.26. The summed E-state index contributed by atoms with van der Waals surface area (Å²) in [5.74, 6) is -3.26. The molecule has 1 unspecified atom stereocenters. The molecule has 5 nitrogen and oxygen atoms in total. The second-order valence-electron chi connectivity index (χ2n) is 5.07. The number of likely N-dealkylation sites (tertiary alicyclic amines) is 1. The molecule has 1 aromatic carbocycles. The first-order valence-electron chi connectivity index (χ1n) is 7.17. The van der Waals surface area contributed by atoms with Gasteiger partial charge in [0.15, 0.2) is 0 Å². The zero-order valence-electron chi connectivity index (χ0n) is 12.6. The highest BCUT2D eigenvalue weighted by Crippen LogP contribution is 2.31. The molecule has 23 heavy (non-hydrogen) atoms. The van der Waals surface area contributed by atoms with Gasteiger partial charge in [-0.15, -0.1) is 0 Å². The fraction of sp³-hybridized carbons (Fsp3) is 0.467. The van der Waals surface area contributed by atoms with E-state index in [-0.39, 0.29) is 18.4 Å². The average Bonchev–Trinajstić information content (AvgIpc) is 2.96. The maximum absolute atomic E-state index is 12.5. The van der Waals surface area contributed by atoms with Gasteiger partial charge in [0, 0.05) is 4.90 Å². The highest BCUT2D eigenvalue weighted by atomic mass is 32.2. The lowest BCUT2D eigenvalue weighted by Gasteiger charge is -2.21. The molecule has 0 radical (unpaired) electrons. The number of rotatable bonds is 6. The van der Waals surface area contributed by atoms with Gasteiger partial charge < -0.3 is 10.1 Å². The van der Waals surface area contributed by atoms with E-state index in [4.69, 9.17) is 4.74 Å². The Kier molecular flexibility index (Phi) is 6.35. The number of hydrogen-bond acceptors (Lipinski definition) is 5. The van der Waals surface area contributed by atoms with E-state index in [1.807, 2.05) is 0 Å². The van der Waals surface area contributed by atoms with Crippen LogP contribution in [0.25, 0.3) is 0 Å². The molecule has 2 rings (SSSR count). The Labute approximate surface area is 137 Å². The van der Waals surface area contributed by atoms with E-state index in [1.165, 1.54) is 13.2 Å². The van der Waals surface area contributed by atoms with Crippen LogP contribution in [0.15, 0.2) is 29.2 Å². The van der Waals surface area contributed by atoms with Crippen LogP contribution in [0.2, 0.25) is 0 Å². The van der Waals surface area contributed by atoms with Crippen molar-refractivity contribution in [3.63, 3.8) is 0 Å². The third kappa shape index (κ3) is 4.90. The van der Waals surface area contributed by atoms with Gasteiger partial charge in [0.05, 0.1) is 19.3 Å². The summed E-state index contributed by atoms with van der Waals surface area (Å²) in [4.78, 5) is 25.9. The van der Waals surface area contributed by atoms with Crippen LogP contribution >= 0.6 is 11.8 Å². The SMILES string of the molecule is COC(=O)C1CCCN1CC(=O)Nc1ccccc1SC(F)F. The molecule has 1 saturated heterocycles. The lowest BCUT2D eigenvalue weighted by Crippen LogP contribution is -2.41. The Morgan fingerprint density at radius 3 is 2.87 bits per heavy atom. The van der Waals surface area contributed by atoms with Crippen molar-refractivity contribution < 1.29 is 23.1 Å². The summed E-state index contributed by atoms with van der Waals surface area (Å²) in [5, 5.41) is 2.63. The minimum absolute atomic E-state index is 0.0213. The number of carbonyl (C=O) groups excluding carboxylic acids is 2. The molecule has 1 aliphatic heterocycles. The average molecular weight is 344 g/mol. The van der Waals surface area contributed by atoms with Gasteiger partial charge in [0.25, 0.3) is 5.76 Å². The first-order chi connectivity index (χ1) is 11.0. The van der Waals surface area contributed by atoms with Crippen LogP contribution in [-0.4, -0.2) is 48.8 Å². The van der Waals surface area contributed by atoms with Gasteiger partial charge in [-0.1, -0.05) is 23.9 Å². The van der Waals surface area contributed by atoms with E-state index in [9.17, 15) is 18.4 Å². The van der Waals surface area contributed by atoms with Gasteiger partial charge in [0.2, 0.25) is 5.91 Å². The smallest absolute Gasteiger partial charge is 0.323 e. The number of nitrogens with zero attached hydrogens (tertiary/aromatic N) is 1. The molecule has 0 spiro atoms. The maximum atomic E-state index is 12.5. The van der Waals surface area contributed by atoms with Crippen LogP contribution in [-0.2, 0) is 14.3 Å². The summed E-state index contributed by atoms with van der Waals surface area (Å²) < 4.78 is 29.8. The number of halogens is 2. The van der Waals surface area contributed by atoms with E-state index < -0.39 is 11.8 Å². The molecular formula is C15H18F2N2O3S. The summed E-state index contributed by atoms with van der Waals surface area (Å²) in [7, 11) is 1.32. The highest BCUT2D eigenvalue weighted by Gasteiger charge is 2.32. The lowest BCUT2D eigenvalue weighted by molar-refractivity contribution is -0.146. The standard InChI is InChI=1S/C15H18F2N2O3S/c1-22-14(21)11-6-4-8-19(11)9-13(20)18-10-5-2-3-7-12(10)23-15(16)17/h2-3,5,7,11,15H,4,6,8-9H2,1H3,(H,18,20). The van der Waals surface area contributed by atoms with E-state index >= 15 is 0 Å². The van der Waals surface area contributed by atoms with Gasteiger partial charge in [0.1, 0.15) is 6.04 Å². The number of anilines is 1. The van der Waals surface area contributed by atoms with Crippen molar-refractivity contribution in [3.8, 4) is 0 Å². The number of amides is 1. The molecule has 1 heterocycles. The lowest BCUT2D eigenvalue weighted by atomic mass is 10.2. The molecule has 1 aliphatic rings. The van der Waals surface area contributed by atoms with Crippen LogP contribution in [0.4, 0.5) is 14.5 Å². The Balaban J connectivity index is 1.98. The monoisotopic (exact) mass is 344 g/mol. The fourth-order valence-electron chi connectivity index (χ4n) is 2.56. The quantitative estimate of drug-likeness (QED) is 0.635. The molecule has 0 bridgehead atoms. The van der Waals surface area contributed by atoms with Gasteiger partial charge in [-0.2, -0.15) is 8.78 Å². The number of carbonyl (C=O) groups is 2. The summed E-state index contributed by atoms with van der Waals surface area (Å²) in [6.45, 7) is 0.647. The minimum Gasteiger partial charge on any atom is -0.468 e. The molecule has 1 amide bonds. The Morgan fingerprint density at radius 1 is 1.43 bits per heavy atom. The third-order valence-corrected chi connectivity index (χ3v) is 4.35. The summed E-state index contributed by atoms with van der Waals surface area (Å²) in [6.07, 6.45) is 1.46. The normalized spacial score (nSPS) is 18.2. The number of benzene rings is 1. The predicted molar refractivity (Wildman–Crippen MR) is 83.5 cm³/mol. The number of hydrogen-bond donors (Lipinski definition) is 1. The molecule has 0 aromatic heterocycles. The van der Waals surface area contributed by atoms with E-state index in [0.717, 1.165) is 6.42 Å². The van der Waals surface area contributed by atoms with Crippen molar-refractivity contribution in [1.29, 1.82) is 0 Å². The number of ether oxygens (including phenoxy) is 1. The Morgan fingerprint density at radius 2 is 2.17 bits per heavy atom. The largest absolute Gasteiger partial charge is 0.468 e. The van der Waals surface area contributed by atoms with Gasteiger partial charge in [-0.25, -0.2) is 0 Å². The molecule has 0 aliphatic carbocycles. The summed E-state index contributed by atoms with van der Waals surface area (Å²) in [6, 6.07) is 5.98. The topological polar surface area (TPSA) is 58.6 Å². The van der Waals surface area contributed by atoms with Gasteiger partial charge in [-0.05, 0) is 31.5 Å². The van der Waals surface area contributed by atoms with Crippen molar-refractivity contribution in [2.45, 2.75) is 29.5 Å². The van der Waals surface area contributed by atoms with Crippen molar-refractivity contribution in [1.82, 2.24) is 4.90 Å². The van der Waals surface area contributed by atoms with Crippen LogP contribution in [0.3, 0.4) is 0 Å². The zero-order valence-corrected chi connectivity index (χ0v) is 13.4. The molecule has 1 aromatic rings. The van der Waals surface area contributed by atoms with Gasteiger partial charge >= 0.3 is 5.97 Å². The van der Waals surface area contributed by atoms with Crippen molar-refractivity contribution >= 4 is 29.3 Å². The van der Waals surface area contributed by atoms with E-state index in [2.05, 4.69) is 5.32 Å². The first-order valence-corrected chi connectivity index (χ1v) is 8.05. The Hall–Kier alpha value is -1.67. The van der Waals surface area contributed by atoms with E-state index in [1.54, 1.807) is 23.1 Å². The van der Waals surface area contributed by atoms with Crippen LogP contribution in [0, 0.1) is 0 Å². The number of nitrogens with one attached hydrogen (secondary N) is 1. The summed E-state index contributed by atoms with van der Waals surface area (Å²) in [5.41, 5.74) is 0.344. The van der Waals surface area contributed by atoms with Crippen molar-refractivity contribution in [2.24, 2.45) is 0 Å². The zero-order chi connectivity index (χ0) is 16.8. The first kappa shape index (κ1) is 17.7. The number of methoxy groups -OCH3 is 1. The molecule has 1 atom stereocenters. The van der Waals surface area contributed by atoms with Gasteiger partial charge in [-0.3, -0.25) is 14.5 Å². The molecule has 1 fully saturated rings. The van der Waals surface area contributed by atoms with Crippen LogP contribution in [0.5, 0.6) is 0 Å². The van der Waals surface area contributed by atoms with E-state index in [0.29, 0.717) is 35.3 Å². The van der Waals surface area contributed by atoms with Crippen LogP contribution < -0.4 is 5.32 Å².